The highest BCUT2D eigenvalue weighted by Gasteiger charge is 2.32. The summed E-state index contributed by atoms with van der Waals surface area (Å²) in [6, 6.07) is 3.88. The number of nitrogens with one attached hydrogen (secondary N) is 1. The zero-order valence-corrected chi connectivity index (χ0v) is 12.3. The van der Waals surface area contributed by atoms with E-state index in [4.69, 9.17) is 0 Å². The van der Waals surface area contributed by atoms with E-state index in [1.165, 1.54) is 11.3 Å². The summed E-state index contributed by atoms with van der Waals surface area (Å²) in [5.41, 5.74) is -0.388. The molecule has 0 aliphatic rings. The highest BCUT2D eigenvalue weighted by atomic mass is 79.9. The molecule has 0 saturated carbocycles. The van der Waals surface area contributed by atoms with Crippen LogP contribution in [0.1, 0.15) is 12.5 Å². The van der Waals surface area contributed by atoms with Gasteiger partial charge in [-0.15, -0.1) is 11.3 Å². The number of hydrogen-bond donors (Lipinski definition) is 1. The molecule has 2 aromatic rings. The predicted octanol–water partition coefficient (Wildman–Crippen LogP) is 5.02. The lowest BCUT2D eigenvalue weighted by Crippen LogP contribution is -2.08. The van der Waals surface area contributed by atoms with Crippen LogP contribution in [0.2, 0.25) is 0 Å². The molecular formula is C12H10BrF3N2S. The van der Waals surface area contributed by atoms with Gasteiger partial charge in [-0.05, 0) is 46.4 Å². The van der Waals surface area contributed by atoms with E-state index in [1.54, 1.807) is 11.4 Å². The second-order valence-electron chi connectivity index (χ2n) is 3.75. The molecule has 0 aliphatic carbocycles. The van der Waals surface area contributed by atoms with Gasteiger partial charge in [-0.1, -0.05) is 0 Å². The van der Waals surface area contributed by atoms with Crippen molar-refractivity contribution in [1.29, 1.82) is 0 Å². The first-order valence-corrected chi connectivity index (χ1v) is 7.15. The van der Waals surface area contributed by atoms with E-state index in [9.17, 15) is 13.2 Å². The number of rotatable bonds is 3. The first-order chi connectivity index (χ1) is 8.91. The summed E-state index contributed by atoms with van der Waals surface area (Å²) in [5.74, 6) is 0.229. The van der Waals surface area contributed by atoms with Gasteiger partial charge in [0.15, 0.2) is 0 Å². The van der Waals surface area contributed by atoms with E-state index in [1.807, 2.05) is 6.92 Å². The van der Waals surface area contributed by atoms with Crippen LogP contribution < -0.4 is 5.32 Å². The van der Waals surface area contributed by atoms with Crippen LogP contribution in [0.15, 0.2) is 28.1 Å². The predicted molar refractivity (Wildman–Crippen MR) is 74.4 cm³/mol. The largest absolute Gasteiger partial charge is 0.416 e. The van der Waals surface area contributed by atoms with Gasteiger partial charge in [-0.3, -0.25) is 0 Å². The lowest BCUT2D eigenvalue weighted by atomic mass is 10.2. The third-order valence-corrected chi connectivity index (χ3v) is 4.22. The summed E-state index contributed by atoms with van der Waals surface area (Å²) >= 11 is 4.65. The molecule has 7 heteroatoms. The average molecular weight is 351 g/mol. The average Bonchev–Trinajstić information content (AvgIpc) is 2.74. The van der Waals surface area contributed by atoms with Crippen LogP contribution in [0.3, 0.4) is 0 Å². The van der Waals surface area contributed by atoms with E-state index in [0.29, 0.717) is 17.1 Å². The minimum Gasteiger partial charge on any atom is -0.370 e. The van der Waals surface area contributed by atoms with Crippen LogP contribution in [0.5, 0.6) is 0 Å². The number of hydrogen-bond acceptors (Lipinski definition) is 3. The molecule has 0 aromatic carbocycles. The normalized spacial score (nSPS) is 11.6. The highest BCUT2D eigenvalue weighted by molar-refractivity contribution is 9.10. The standard InChI is InChI=1S/C12H10BrF3N2S/c1-2-17-10-6-7(12(14,15)16)5-9(18-10)11-8(13)3-4-19-11/h3-6H,2H2,1H3,(H,17,18). The van der Waals surface area contributed by atoms with Crippen molar-refractivity contribution in [2.75, 3.05) is 11.9 Å². The molecule has 0 bridgehead atoms. The number of halogens is 4. The molecule has 19 heavy (non-hydrogen) atoms. The molecule has 0 radical (unpaired) electrons. The van der Waals surface area contributed by atoms with Gasteiger partial charge in [0.2, 0.25) is 0 Å². The summed E-state index contributed by atoms with van der Waals surface area (Å²) in [7, 11) is 0. The fourth-order valence-corrected chi connectivity index (χ4v) is 3.10. The maximum Gasteiger partial charge on any atom is 0.416 e. The molecule has 0 amide bonds. The molecule has 2 rings (SSSR count). The summed E-state index contributed by atoms with van der Waals surface area (Å²) in [4.78, 5) is 4.89. The Morgan fingerprint density at radius 3 is 2.63 bits per heavy atom. The van der Waals surface area contributed by atoms with Gasteiger partial charge in [0.05, 0.1) is 16.1 Å². The number of aromatic nitrogens is 1. The quantitative estimate of drug-likeness (QED) is 0.840. The summed E-state index contributed by atoms with van der Waals surface area (Å²) in [6.07, 6.45) is -4.38. The van der Waals surface area contributed by atoms with Crippen molar-refractivity contribution in [1.82, 2.24) is 4.98 Å². The Hall–Kier alpha value is -1.08. The number of nitrogens with zero attached hydrogens (tertiary/aromatic N) is 1. The monoisotopic (exact) mass is 350 g/mol. The molecule has 0 saturated heterocycles. The van der Waals surface area contributed by atoms with Gasteiger partial charge in [0.25, 0.3) is 0 Å². The molecule has 0 atom stereocenters. The van der Waals surface area contributed by atoms with Gasteiger partial charge < -0.3 is 5.32 Å². The van der Waals surface area contributed by atoms with Crippen molar-refractivity contribution in [3.63, 3.8) is 0 Å². The number of anilines is 1. The fraction of sp³-hybridized carbons (Fsp3) is 0.250. The van der Waals surface area contributed by atoms with Crippen molar-refractivity contribution < 1.29 is 13.2 Å². The Kier molecular flexibility index (Phi) is 4.15. The van der Waals surface area contributed by atoms with Crippen molar-refractivity contribution in [2.45, 2.75) is 13.1 Å². The smallest absolute Gasteiger partial charge is 0.370 e. The Balaban J connectivity index is 2.55. The summed E-state index contributed by atoms with van der Waals surface area (Å²) in [5, 5.41) is 4.62. The number of alkyl halides is 3. The molecule has 2 aromatic heterocycles. The fourth-order valence-electron chi connectivity index (χ4n) is 1.56. The molecule has 0 unspecified atom stereocenters. The van der Waals surface area contributed by atoms with Crippen molar-refractivity contribution in [3.8, 4) is 10.6 Å². The molecule has 102 valence electrons. The van der Waals surface area contributed by atoms with Crippen molar-refractivity contribution in [2.24, 2.45) is 0 Å². The number of thiophene rings is 1. The van der Waals surface area contributed by atoms with Crippen LogP contribution in [0, 0.1) is 0 Å². The second-order valence-corrected chi connectivity index (χ2v) is 5.52. The van der Waals surface area contributed by atoms with Crippen LogP contribution in [-0.4, -0.2) is 11.5 Å². The summed E-state index contributed by atoms with van der Waals surface area (Å²) < 4.78 is 39.3. The van der Waals surface area contributed by atoms with E-state index in [0.717, 1.165) is 16.6 Å². The van der Waals surface area contributed by atoms with Gasteiger partial charge in [-0.2, -0.15) is 13.2 Å². The topological polar surface area (TPSA) is 24.9 Å². The lowest BCUT2D eigenvalue weighted by Gasteiger charge is -2.11. The van der Waals surface area contributed by atoms with Crippen LogP contribution >= 0.6 is 27.3 Å². The third-order valence-electron chi connectivity index (χ3n) is 2.36. The molecular weight excluding hydrogens is 341 g/mol. The Bertz CT molecular complexity index is 581. The minimum atomic E-state index is -4.38. The van der Waals surface area contributed by atoms with Crippen molar-refractivity contribution in [3.05, 3.63) is 33.6 Å². The Morgan fingerprint density at radius 2 is 2.11 bits per heavy atom. The van der Waals surface area contributed by atoms with Gasteiger partial charge in [0, 0.05) is 11.0 Å². The zero-order valence-electron chi connectivity index (χ0n) is 9.88. The molecule has 0 aliphatic heterocycles. The molecule has 0 spiro atoms. The highest BCUT2D eigenvalue weighted by Crippen LogP contribution is 2.37. The minimum absolute atomic E-state index is 0.229. The van der Waals surface area contributed by atoms with E-state index >= 15 is 0 Å². The lowest BCUT2D eigenvalue weighted by molar-refractivity contribution is -0.137. The second kappa shape index (κ2) is 5.50. The first kappa shape index (κ1) is 14.3. The van der Waals surface area contributed by atoms with E-state index < -0.39 is 11.7 Å². The maximum atomic E-state index is 12.9. The van der Waals surface area contributed by atoms with Crippen LogP contribution in [-0.2, 0) is 6.18 Å². The van der Waals surface area contributed by atoms with Gasteiger partial charge >= 0.3 is 6.18 Å². The maximum absolute atomic E-state index is 12.9. The Labute approximate surface area is 120 Å². The van der Waals surface area contributed by atoms with Gasteiger partial charge in [-0.25, -0.2) is 4.98 Å². The third kappa shape index (κ3) is 3.27. The summed E-state index contributed by atoms with van der Waals surface area (Å²) in [6.45, 7) is 2.32. The van der Waals surface area contributed by atoms with E-state index in [2.05, 4.69) is 26.2 Å². The SMILES string of the molecule is CCNc1cc(C(F)(F)F)cc(-c2sccc2Br)n1. The van der Waals surface area contributed by atoms with Crippen LogP contribution in [0.25, 0.3) is 10.6 Å². The molecule has 2 nitrogen and oxygen atoms in total. The van der Waals surface area contributed by atoms with Crippen molar-refractivity contribution >= 4 is 33.1 Å². The molecule has 1 N–H and O–H groups in total. The zero-order chi connectivity index (χ0) is 14.0. The number of pyridine rings is 1. The molecule has 0 fully saturated rings. The van der Waals surface area contributed by atoms with Gasteiger partial charge in [0.1, 0.15) is 5.82 Å². The van der Waals surface area contributed by atoms with E-state index in [-0.39, 0.29) is 5.82 Å². The Morgan fingerprint density at radius 1 is 1.37 bits per heavy atom. The molecule has 2 heterocycles. The van der Waals surface area contributed by atoms with Crippen LogP contribution in [0.4, 0.5) is 19.0 Å². The first-order valence-electron chi connectivity index (χ1n) is 5.48.